The number of nitrogens with one attached hydrogen (secondary N) is 1. The SMILES string of the molecule is CCNCc1cc(S(=O)(=O)N2CCCCC2CC)c(C)s1. The summed E-state index contributed by atoms with van der Waals surface area (Å²) in [5.74, 6) is 0. The maximum absolute atomic E-state index is 13.0. The lowest BCUT2D eigenvalue weighted by atomic mass is 10.0. The van der Waals surface area contributed by atoms with E-state index < -0.39 is 10.0 Å². The molecule has 1 aromatic rings. The molecule has 4 nitrogen and oxygen atoms in total. The summed E-state index contributed by atoms with van der Waals surface area (Å²) in [6.07, 6.45) is 4.00. The predicted molar refractivity (Wildman–Crippen MR) is 88.3 cm³/mol. The number of hydrogen-bond acceptors (Lipinski definition) is 4. The molecule has 1 unspecified atom stereocenters. The first kappa shape index (κ1) is 16.9. The fourth-order valence-electron chi connectivity index (χ4n) is 2.94. The van der Waals surface area contributed by atoms with Crippen LogP contribution in [0, 0.1) is 6.92 Å². The van der Waals surface area contributed by atoms with Crippen LogP contribution in [0.3, 0.4) is 0 Å². The van der Waals surface area contributed by atoms with Crippen molar-refractivity contribution in [1.29, 1.82) is 0 Å². The zero-order valence-electron chi connectivity index (χ0n) is 13.2. The van der Waals surface area contributed by atoms with Gasteiger partial charge in [0.2, 0.25) is 10.0 Å². The Labute approximate surface area is 132 Å². The molecule has 0 amide bonds. The fraction of sp³-hybridized carbons (Fsp3) is 0.733. The number of sulfonamides is 1. The summed E-state index contributed by atoms with van der Waals surface area (Å²) in [5.41, 5.74) is 0. The van der Waals surface area contributed by atoms with Gasteiger partial charge in [0.05, 0.1) is 4.90 Å². The zero-order chi connectivity index (χ0) is 15.5. The highest BCUT2D eigenvalue weighted by Gasteiger charge is 2.34. The summed E-state index contributed by atoms with van der Waals surface area (Å²) >= 11 is 1.59. The van der Waals surface area contributed by atoms with E-state index in [-0.39, 0.29) is 6.04 Å². The summed E-state index contributed by atoms with van der Waals surface area (Å²) in [4.78, 5) is 2.52. The Morgan fingerprint density at radius 2 is 2.14 bits per heavy atom. The van der Waals surface area contributed by atoms with Crippen LogP contribution in [-0.2, 0) is 16.6 Å². The first-order valence-corrected chi connectivity index (χ1v) is 10.1. The van der Waals surface area contributed by atoms with Crippen LogP contribution in [0.2, 0.25) is 0 Å². The van der Waals surface area contributed by atoms with E-state index in [0.717, 1.165) is 48.5 Å². The maximum atomic E-state index is 13.0. The molecule has 1 atom stereocenters. The van der Waals surface area contributed by atoms with Crippen LogP contribution in [0.4, 0.5) is 0 Å². The minimum Gasteiger partial charge on any atom is -0.312 e. The van der Waals surface area contributed by atoms with E-state index in [1.807, 2.05) is 13.0 Å². The van der Waals surface area contributed by atoms with Gasteiger partial charge in [-0.25, -0.2) is 8.42 Å². The number of hydrogen-bond donors (Lipinski definition) is 1. The van der Waals surface area contributed by atoms with Gasteiger partial charge in [-0.3, -0.25) is 0 Å². The van der Waals surface area contributed by atoms with Crippen LogP contribution in [0.5, 0.6) is 0 Å². The molecule has 1 N–H and O–H groups in total. The van der Waals surface area contributed by atoms with E-state index in [1.165, 1.54) is 0 Å². The third-order valence-corrected chi connectivity index (χ3v) is 7.36. The lowest BCUT2D eigenvalue weighted by molar-refractivity contribution is 0.246. The van der Waals surface area contributed by atoms with E-state index in [1.54, 1.807) is 15.6 Å². The van der Waals surface area contributed by atoms with Crippen LogP contribution in [0.1, 0.15) is 49.3 Å². The number of aryl methyl sites for hydroxylation is 1. The van der Waals surface area contributed by atoms with Crippen molar-refractivity contribution < 1.29 is 8.42 Å². The molecule has 0 aromatic carbocycles. The average Bonchev–Trinajstić information content (AvgIpc) is 2.86. The molecule has 1 saturated heterocycles. The second-order valence-electron chi connectivity index (χ2n) is 5.59. The van der Waals surface area contributed by atoms with Gasteiger partial charge in [-0.2, -0.15) is 4.31 Å². The quantitative estimate of drug-likeness (QED) is 0.872. The molecule has 21 heavy (non-hydrogen) atoms. The maximum Gasteiger partial charge on any atom is 0.244 e. The monoisotopic (exact) mass is 330 g/mol. The molecule has 1 aliphatic rings. The van der Waals surface area contributed by atoms with Crippen molar-refractivity contribution in [1.82, 2.24) is 9.62 Å². The van der Waals surface area contributed by atoms with Crippen molar-refractivity contribution in [2.45, 2.75) is 63.9 Å². The molecule has 0 spiro atoms. The van der Waals surface area contributed by atoms with Crippen LogP contribution < -0.4 is 5.32 Å². The van der Waals surface area contributed by atoms with Crippen molar-refractivity contribution >= 4 is 21.4 Å². The number of nitrogens with zero attached hydrogens (tertiary/aromatic N) is 1. The Morgan fingerprint density at radius 1 is 1.38 bits per heavy atom. The summed E-state index contributed by atoms with van der Waals surface area (Å²) in [6, 6.07) is 2.03. The largest absolute Gasteiger partial charge is 0.312 e. The van der Waals surface area contributed by atoms with Crippen LogP contribution in [-0.4, -0.2) is 31.9 Å². The molecule has 0 saturated carbocycles. The number of piperidine rings is 1. The highest BCUT2D eigenvalue weighted by atomic mass is 32.2. The van der Waals surface area contributed by atoms with Crippen LogP contribution >= 0.6 is 11.3 Å². The van der Waals surface area contributed by atoms with Gasteiger partial charge in [0.1, 0.15) is 0 Å². The summed E-state index contributed by atoms with van der Waals surface area (Å²) < 4.78 is 27.7. The van der Waals surface area contributed by atoms with Crippen LogP contribution in [0.25, 0.3) is 0 Å². The fourth-order valence-corrected chi connectivity index (χ4v) is 6.28. The number of thiophene rings is 1. The second kappa shape index (κ2) is 7.22. The molecule has 1 fully saturated rings. The first-order chi connectivity index (χ1) is 10.0. The van der Waals surface area contributed by atoms with Gasteiger partial charge < -0.3 is 5.32 Å². The molecule has 2 rings (SSSR count). The van der Waals surface area contributed by atoms with Crippen molar-refractivity contribution in [3.05, 3.63) is 15.8 Å². The third-order valence-electron chi connectivity index (χ3n) is 4.10. The van der Waals surface area contributed by atoms with Crippen LogP contribution in [0.15, 0.2) is 11.0 Å². The molecule has 1 aliphatic heterocycles. The Hall–Kier alpha value is -0.430. The minimum atomic E-state index is -3.34. The lowest BCUT2D eigenvalue weighted by Gasteiger charge is -2.34. The topological polar surface area (TPSA) is 49.4 Å². The standard InChI is InChI=1S/C15H26N2O2S2/c1-4-13-8-6-7-9-17(13)21(18,19)15-10-14(11-16-5-2)20-12(15)3/h10,13,16H,4-9,11H2,1-3H3. The van der Waals surface area contributed by atoms with Gasteiger partial charge in [0.25, 0.3) is 0 Å². The first-order valence-electron chi connectivity index (χ1n) is 7.82. The van der Waals surface area contributed by atoms with E-state index in [4.69, 9.17) is 0 Å². The van der Waals surface area contributed by atoms with Crippen molar-refractivity contribution in [2.24, 2.45) is 0 Å². The predicted octanol–water partition coefficient (Wildman–Crippen LogP) is 3.12. The van der Waals surface area contributed by atoms with Crippen molar-refractivity contribution in [3.63, 3.8) is 0 Å². The van der Waals surface area contributed by atoms with Gasteiger partial charge in [-0.15, -0.1) is 11.3 Å². The van der Waals surface area contributed by atoms with E-state index in [2.05, 4.69) is 19.2 Å². The Balaban J connectivity index is 2.28. The highest BCUT2D eigenvalue weighted by molar-refractivity contribution is 7.89. The summed E-state index contributed by atoms with van der Waals surface area (Å²) in [7, 11) is -3.34. The van der Waals surface area contributed by atoms with E-state index in [9.17, 15) is 8.42 Å². The summed E-state index contributed by atoms with van der Waals surface area (Å²) in [5, 5.41) is 3.26. The third kappa shape index (κ3) is 3.67. The number of rotatable bonds is 6. The molecule has 0 radical (unpaired) electrons. The van der Waals surface area contributed by atoms with E-state index >= 15 is 0 Å². The van der Waals surface area contributed by atoms with Crippen molar-refractivity contribution in [2.75, 3.05) is 13.1 Å². The smallest absolute Gasteiger partial charge is 0.244 e. The Bertz CT molecular complexity index is 566. The zero-order valence-corrected chi connectivity index (χ0v) is 14.8. The molecule has 2 heterocycles. The minimum absolute atomic E-state index is 0.167. The van der Waals surface area contributed by atoms with Gasteiger partial charge >= 0.3 is 0 Å². The summed E-state index contributed by atoms with van der Waals surface area (Å²) in [6.45, 7) is 8.35. The van der Waals surface area contributed by atoms with Gasteiger partial charge in [-0.05, 0) is 38.8 Å². The molecular formula is C15H26N2O2S2. The normalized spacial score (nSPS) is 20.8. The van der Waals surface area contributed by atoms with Gasteiger partial charge in [0, 0.05) is 28.9 Å². The molecule has 0 aliphatic carbocycles. The molecule has 0 bridgehead atoms. The Morgan fingerprint density at radius 3 is 2.81 bits per heavy atom. The molecule has 6 heteroatoms. The lowest BCUT2D eigenvalue weighted by Crippen LogP contribution is -2.43. The Kier molecular flexibility index (Phi) is 5.82. The van der Waals surface area contributed by atoms with Gasteiger partial charge in [-0.1, -0.05) is 20.3 Å². The van der Waals surface area contributed by atoms with Crippen molar-refractivity contribution in [3.8, 4) is 0 Å². The molecular weight excluding hydrogens is 304 g/mol. The highest BCUT2D eigenvalue weighted by Crippen LogP contribution is 2.32. The molecule has 120 valence electrons. The van der Waals surface area contributed by atoms with E-state index in [0.29, 0.717) is 11.4 Å². The molecule has 1 aromatic heterocycles. The van der Waals surface area contributed by atoms with Gasteiger partial charge in [0.15, 0.2) is 0 Å². The second-order valence-corrected chi connectivity index (χ2v) is 8.79. The average molecular weight is 331 g/mol.